The standard InChI is InChI=1S/C14H17N3O2/c1-10-15-13-4-3-12(9-14(13)19-10)17-7-5-16(6-8-17)11(2)18/h3-4,9,15H,1,5-8H2,2H3. The van der Waals surface area contributed by atoms with Crippen LogP contribution < -0.4 is 15.0 Å². The Hall–Kier alpha value is -2.17. The molecule has 0 unspecified atom stereocenters. The first-order valence-corrected chi connectivity index (χ1v) is 6.42. The largest absolute Gasteiger partial charge is 0.439 e. The van der Waals surface area contributed by atoms with Crippen molar-refractivity contribution in [2.75, 3.05) is 36.4 Å². The number of nitrogens with one attached hydrogen (secondary N) is 1. The minimum Gasteiger partial charge on any atom is -0.439 e. The summed E-state index contributed by atoms with van der Waals surface area (Å²) < 4.78 is 5.50. The number of amides is 1. The summed E-state index contributed by atoms with van der Waals surface area (Å²) in [5, 5.41) is 3.06. The molecule has 3 rings (SSSR count). The molecule has 0 bridgehead atoms. The van der Waals surface area contributed by atoms with Gasteiger partial charge < -0.3 is 19.9 Å². The van der Waals surface area contributed by atoms with E-state index in [1.54, 1.807) is 6.92 Å². The maximum atomic E-state index is 11.3. The maximum Gasteiger partial charge on any atom is 0.219 e. The second-order valence-corrected chi connectivity index (χ2v) is 4.82. The maximum absolute atomic E-state index is 11.3. The van der Waals surface area contributed by atoms with Crippen LogP contribution in [0.2, 0.25) is 0 Å². The first kappa shape index (κ1) is 11.9. The SMILES string of the molecule is C=C1Nc2ccc(N3CCN(C(C)=O)CC3)cc2O1. The number of carbonyl (C=O) groups excluding carboxylic acids is 1. The Balaban J connectivity index is 1.73. The molecular formula is C14H17N3O2. The Morgan fingerprint density at radius 1 is 1.32 bits per heavy atom. The molecule has 1 aromatic carbocycles. The van der Waals surface area contributed by atoms with Crippen molar-refractivity contribution >= 4 is 17.3 Å². The average Bonchev–Trinajstić information content (AvgIpc) is 2.77. The summed E-state index contributed by atoms with van der Waals surface area (Å²) in [6.07, 6.45) is 0. The quantitative estimate of drug-likeness (QED) is 0.832. The highest BCUT2D eigenvalue weighted by Crippen LogP contribution is 2.36. The number of ether oxygens (including phenoxy) is 1. The Bertz CT molecular complexity index is 533. The van der Waals surface area contributed by atoms with E-state index < -0.39 is 0 Å². The third kappa shape index (κ3) is 2.23. The number of anilines is 2. The molecule has 1 amide bonds. The van der Waals surface area contributed by atoms with E-state index in [0.717, 1.165) is 43.3 Å². The zero-order valence-electron chi connectivity index (χ0n) is 11.0. The normalized spacial score (nSPS) is 17.8. The van der Waals surface area contributed by atoms with E-state index in [1.807, 2.05) is 17.0 Å². The summed E-state index contributed by atoms with van der Waals surface area (Å²) in [6.45, 7) is 8.63. The van der Waals surface area contributed by atoms with Crippen LogP contribution in [0, 0.1) is 0 Å². The summed E-state index contributed by atoms with van der Waals surface area (Å²) in [7, 11) is 0. The third-order valence-corrected chi connectivity index (χ3v) is 3.56. The summed E-state index contributed by atoms with van der Waals surface area (Å²) in [4.78, 5) is 15.4. The van der Waals surface area contributed by atoms with E-state index in [-0.39, 0.29) is 5.91 Å². The number of fused-ring (bicyclic) bond motifs is 1. The van der Waals surface area contributed by atoms with Gasteiger partial charge >= 0.3 is 0 Å². The number of hydrogen-bond acceptors (Lipinski definition) is 4. The van der Waals surface area contributed by atoms with Crippen LogP contribution >= 0.6 is 0 Å². The minimum absolute atomic E-state index is 0.150. The number of nitrogens with zero attached hydrogens (tertiary/aromatic N) is 2. The molecule has 2 heterocycles. The lowest BCUT2D eigenvalue weighted by Gasteiger charge is -2.35. The fourth-order valence-corrected chi connectivity index (χ4v) is 2.48. The van der Waals surface area contributed by atoms with Crippen molar-refractivity contribution in [3.8, 4) is 5.75 Å². The lowest BCUT2D eigenvalue weighted by molar-refractivity contribution is -0.129. The number of benzene rings is 1. The number of piperazine rings is 1. The van der Waals surface area contributed by atoms with Crippen molar-refractivity contribution < 1.29 is 9.53 Å². The third-order valence-electron chi connectivity index (χ3n) is 3.56. The number of rotatable bonds is 1. The highest BCUT2D eigenvalue weighted by atomic mass is 16.5. The molecule has 0 saturated carbocycles. The van der Waals surface area contributed by atoms with Gasteiger partial charge in [0.05, 0.1) is 5.69 Å². The molecule has 19 heavy (non-hydrogen) atoms. The molecular weight excluding hydrogens is 242 g/mol. The first-order chi connectivity index (χ1) is 9.13. The molecule has 5 nitrogen and oxygen atoms in total. The lowest BCUT2D eigenvalue weighted by atomic mass is 10.2. The molecule has 1 N–H and O–H groups in total. The molecule has 2 aliphatic rings. The van der Waals surface area contributed by atoms with Crippen molar-refractivity contribution in [2.45, 2.75) is 6.92 Å². The monoisotopic (exact) mass is 259 g/mol. The van der Waals surface area contributed by atoms with Gasteiger partial charge in [-0.1, -0.05) is 0 Å². The van der Waals surface area contributed by atoms with E-state index in [1.165, 1.54) is 0 Å². The highest BCUT2D eigenvalue weighted by molar-refractivity contribution is 5.74. The fraction of sp³-hybridized carbons (Fsp3) is 0.357. The number of carbonyl (C=O) groups is 1. The highest BCUT2D eigenvalue weighted by Gasteiger charge is 2.21. The predicted octanol–water partition coefficient (Wildman–Crippen LogP) is 1.63. The van der Waals surface area contributed by atoms with Gasteiger partial charge in [0.1, 0.15) is 0 Å². The van der Waals surface area contributed by atoms with E-state index in [9.17, 15) is 4.79 Å². The van der Waals surface area contributed by atoms with Gasteiger partial charge in [-0.25, -0.2) is 0 Å². The van der Waals surface area contributed by atoms with E-state index in [4.69, 9.17) is 4.74 Å². The topological polar surface area (TPSA) is 44.8 Å². The first-order valence-electron chi connectivity index (χ1n) is 6.42. The second kappa shape index (κ2) is 4.50. The van der Waals surface area contributed by atoms with Crippen molar-refractivity contribution in [3.63, 3.8) is 0 Å². The van der Waals surface area contributed by atoms with Gasteiger partial charge in [0.2, 0.25) is 5.91 Å². The van der Waals surface area contributed by atoms with Crippen molar-refractivity contribution in [1.29, 1.82) is 0 Å². The van der Waals surface area contributed by atoms with Crippen LogP contribution in [-0.2, 0) is 4.79 Å². The molecule has 0 radical (unpaired) electrons. The van der Waals surface area contributed by atoms with Crippen molar-refractivity contribution in [1.82, 2.24) is 4.90 Å². The van der Waals surface area contributed by atoms with Gasteiger partial charge in [-0.05, 0) is 18.7 Å². The zero-order valence-corrected chi connectivity index (χ0v) is 11.0. The lowest BCUT2D eigenvalue weighted by Crippen LogP contribution is -2.48. The predicted molar refractivity (Wildman–Crippen MR) is 74.3 cm³/mol. The summed E-state index contributed by atoms with van der Waals surface area (Å²) in [5.41, 5.74) is 2.08. The molecule has 1 fully saturated rings. The zero-order chi connectivity index (χ0) is 13.4. The molecule has 100 valence electrons. The Morgan fingerprint density at radius 2 is 2.05 bits per heavy atom. The Kier molecular flexibility index (Phi) is 2.81. The van der Waals surface area contributed by atoms with Crippen LogP contribution in [0.15, 0.2) is 30.7 Å². The second-order valence-electron chi connectivity index (χ2n) is 4.82. The van der Waals surface area contributed by atoms with E-state index in [2.05, 4.69) is 22.9 Å². The number of hydrogen-bond donors (Lipinski definition) is 1. The van der Waals surface area contributed by atoms with Crippen molar-refractivity contribution in [2.24, 2.45) is 0 Å². The van der Waals surface area contributed by atoms with Crippen LogP contribution in [0.25, 0.3) is 0 Å². The van der Waals surface area contributed by atoms with Crippen molar-refractivity contribution in [3.05, 3.63) is 30.7 Å². The van der Waals surface area contributed by atoms with Crippen LogP contribution in [0.5, 0.6) is 5.75 Å². The molecule has 0 spiro atoms. The summed E-state index contributed by atoms with van der Waals surface area (Å²) in [5.74, 6) is 1.53. The van der Waals surface area contributed by atoms with E-state index in [0.29, 0.717) is 5.88 Å². The molecule has 1 saturated heterocycles. The van der Waals surface area contributed by atoms with Gasteiger partial charge in [0.15, 0.2) is 11.6 Å². The van der Waals surface area contributed by atoms with Crippen LogP contribution in [-0.4, -0.2) is 37.0 Å². The van der Waals surface area contributed by atoms with E-state index >= 15 is 0 Å². The molecule has 0 aliphatic carbocycles. The smallest absolute Gasteiger partial charge is 0.219 e. The average molecular weight is 259 g/mol. The van der Waals surface area contributed by atoms with Crippen LogP contribution in [0.4, 0.5) is 11.4 Å². The van der Waals surface area contributed by atoms with Crippen LogP contribution in [0.3, 0.4) is 0 Å². The van der Waals surface area contributed by atoms with Gasteiger partial charge in [0, 0.05) is 44.9 Å². The molecule has 0 atom stereocenters. The minimum atomic E-state index is 0.150. The molecule has 0 aromatic heterocycles. The molecule has 2 aliphatic heterocycles. The molecule has 1 aromatic rings. The Labute approximate surface area is 112 Å². The molecule has 5 heteroatoms. The van der Waals surface area contributed by atoms with Gasteiger partial charge in [-0.3, -0.25) is 4.79 Å². The van der Waals surface area contributed by atoms with Gasteiger partial charge in [-0.2, -0.15) is 0 Å². The van der Waals surface area contributed by atoms with Gasteiger partial charge in [0.25, 0.3) is 0 Å². The van der Waals surface area contributed by atoms with Gasteiger partial charge in [-0.15, -0.1) is 0 Å². The van der Waals surface area contributed by atoms with Crippen LogP contribution in [0.1, 0.15) is 6.92 Å². The fourth-order valence-electron chi connectivity index (χ4n) is 2.48. The summed E-state index contributed by atoms with van der Waals surface area (Å²) >= 11 is 0. The Morgan fingerprint density at radius 3 is 2.74 bits per heavy atom. The summed E-state index contributed by atoms with van der Waals surface area (Å²) in [6, 6.07) is 6.08.